The van der Waals surface area contributed by atoms with Gasteiger partial charge in [-0.05, 0) is 42.9 Å². The number of carbonyl (C=O) groups is 2. The summed E-state index contributed by atoms with van der Waals surface area (Å²) < 4.78 is 0. The predicted octanol–water partition coefficient (Wildman–Crippen LogP) is 1.39. The van der Waals surface area contributed by atoms with Crippen LogP contribution in [0.5, 0.6) is 0 Å². The molecule has 1 aromatic rings. The molecule has 0 aromatic heterocycles. The summed E-state index contributed by atoms with van der Waals surface area (Å²) in [5.74, 6) is 0.0992. The number of aliphatic hydroxyl groups is 1. The molecule has 1 aliphatic carbocycles. The van der Waals surface area contributed by atoms with Crippen LogP contribution in [0.25, 0.3) is 0 Å². The molecule has 22 heavy (non-hydrogen) atoms. The van der Waals surface area contributed by atoms with E-state index in [2.05, 4.69) is 16.7 Å². The average molecular weight is 302 g/mol. The van der Waals surface area contributed by atoms with Crippen LogP contribution in [0.3, 0.4) is 0 Å². The third kappa shape index (κ3) is 3.47. The Hall–Kier alpha value is -1.88. The van der Waals surface area contributed by atoms with Crippen molar-refractivity contribution in [3.05, 3.63) is 29.3 Å². The highest BCUT2D eigenvalue weighted by molar-refractivity contribution is 5.99. The third-order valence-corrected chi connectivity index (χ3v) is 4.62. The number of aliphatic hydroxyl groups excluding tert-OH is 1. The average Bonchev–Trinajstić information content (AvgIpc) is 3.19. The zero-order valence-corrected chi connectivity index (χ0v) is 12.7. The summed E-state index contributed by atoms with van der Waals surface area (Å²) in [6.07, 6.45) is 4.58. The van der Waals surface area contributed by atoms with Gasteiger partial charge in [-0.25, -0.2) is 0 Å². The number of fused-ring (bicyclic) bond motifs is 1. The maximum absolute atomic E-state index is 11.8. The summed E-state index contributed by atoms with van der Waals surface area (Å²) in [5.41, 5.74) is 3.09. The number of anilines is 1. The second kappa shape index (κ2) is 6.08. The van der Waals surface area contributed by atoms with Crippen LogP contribution >= 0.6 is 0 Å². The molecule has 0 radical (unpaired) electrons. The van der Waals surface area contributed by atoms with Crippen molar-refractivity contribution in [2.75, 3.05) is 18.5 Å². The summed E-state index contributed by atoms with van der Waals surface area (Å²) in [4.78, 5) is 23.1. The minimum atomic E-state index is -0.0326. The van der Waals surface area contributed by atoms with Crippen molar-refractivity contribution in [1.82, 2.24) is 5.32 Å². The molecular weight excluding hydrogens is 280 g/mol. The molecule has 5 heteroatoms. The number of hydrogen-bond acceptors (Lipinski definition) is 3. The molecule has 0 atom stereocenters. The zero-order valence-electron chi connectivity index (χ0n) is 12.7. The van der Waals surface area contributed by atoms with Crippen molar-refractivity contribution in [3.8, 4) is 0 Å². The van der Waals surface area contributed by atoms with E-state index >= 15 is 0 Å². The third-order valence-electron chi connectivity index (χ3n) is 4.62. The van der Waals surface area contributed by atoms with Gasteiger partial charge in [0, 0.05) is 24.1 Å². The van der Waals surface area contributed by atoms with Gasteiger partial charge in [-0.3, -0.25) is 9.59 Å². The topological polar surface area (TPSA) is 78.4 Å². The first kappa shape index (κ1) is 15.0. The highest BCUT2D eigenvalue weighted by Crippen LogP contribution is 2.44. The lowest BCUT2D eigenvalue weighted by molar-refractivity contribution is -0.121. The molecule has 3 N–H and O–H groups in total. The number of rotatable bonds is 7. The van der Waals surface area contributed by atoms with Gasteiger partial charge in [-0.15, -0.1) is 0 Å². The second-order valence-electron chi connectivity index (χ2n) is 6.50. The molecule has 1 saturated carbocycles. The smallest absolute Gasteiger partial charge is 0.228 e. The van der Waals surface area contributed by atoms with Gasteiger partial charge < -0.3 is 15.7 Å². The lowest BCUT2D eigenvalue weighted by Gasteiger charge is -2.12. The molecule has 0 spiro atoms. The highest BCUT2D eigenvalue weighted by Gasteiger charge is 2.41. The van der Waals surface area contributed by atoms with Gasteiger partial charge in [-0.2, -0.15) is 0 Å². The minimum Gasteiger partial charge on any atom is -0.396 e. The molecule has 1 aliphatic heterocycles. The molecule has 3 rings (SSSR count). The van der Waals surface area contributed by atoms with Crippen molar-refractivity contribution >= 4 is 17.5 Å². The molecule has 0 bridgehead atoms. The predicted molar refractivity (Wildman–Crippen MR) is 83.5 cm³/mol. The zero-order chi connectivity index (χ0) is 15.6. The van der Waals surface area contributed by atoms with Crippen LogP contribution in [0, 0.1) is 5.41 Å². The fourth-order valence-corrected chi connectivity index (χ4v) is 2.83. The summed E-state index contributed by atoms with van der Waals surface area (Å²) in [6.45, 7) is 0.754. The Morgan fingerprint density at radius 3 is 2.91 bits per heavy atom. The molecular formula is C17H22N2O3. The summed E-state index contributed by atoms with van der Waals surface area (Å²) in [7, 11) is 0. The maximum Gasteiger partial charge on any atom is 0.228 e. The monoisotopic (exact) mass is 302 g/mol. The second-order valence-corrected chi connectivity index (χ2v) is 6.50. The van der Waals surface area contributed by atoms with Crippen LogP contribution < -0.4 is 10.6 Å². The molecule has 1 heterocycles. The van der Waals surface area contributed by atoms with E-state index in [4.69, 9.17) is 0 Å². The minimum absolute atomic E-state index is 0.0326. The van der Waals surface area contributed by atoms with E-state index in [1.165, 1.54) is 0 Å². The van der Waals surface area contributed by atoms with E-state index in [0.29, 0.717) is 19.4 Å². The van der Waals surface area contributed by atoms with Gasteiger partial charge in [0.15, 0.2) is 0 Å². The number of hydrogen-bond donors (Lipinski definition) is 3. The van der Waals surface area contributed by atoms with Crippen molar-refractivity contribution < 1.29 is 14.7 Å². The van der Waals surface area contributed by atoms with Crippen molar-refractivity contribution in [1.29, 1.82) is 0 Å². The largest absolute Gasteiger partial charge is 0.396 e. The van der Waals surface area contributed by atoms with E-state index in [-0.39, 0.29) is 23.8 Å². The molecule has 1 aromatic carbocycles. The highest BCUT2D eigenvalue weighted by atomic mass is 16.3. The van der Waals surface area contributed by atoms with E-state index in [1.54, 1.807) is 0 Å². The Morgan fingerprint density at radius 2 is 2.18 bits per heavy atom. The molecule has 1 fully saturated rings. The Labute approximate surface area is 130 Å². The van der Waals surface area contributed by atoms with E-state index in [9.17, 15) is 14.7 Å². The lowest BCUT2D eigenvalue weighted by Crippen LogP contribution is -2.31. The lowest BCUT2D eigenvalue weighted by atomic mass is 10.0. The maximum atomic E-state index is 11.8. The van der Waals surface area contributed by atoms with Gasteiger partial charge >= 0.3 is 0 Å². The Balaban J connectivity index is 1.41. The quantitative estimate of drug-likeness (QED) is 0.712. The van der Waals surface area contributed by atoms with Crippen molar-refractivity contribution in [2.24, 2.45) is 5.41 Å². The summed E-state index contributed by atoms with van der Waals surface area (Å²) >= 11 is 0. The summed E-state index contributed by atoms with van der Waals surface area (Å²) in [5, 5.41) is 14.9. The molecule has 0 saturated heterocycles. The van der Waals surface area contributed by atoms with Gasteiger partial charge in [0.25, 0.3) is 0 Å². The first-order valence-corrected chi connectivity index (χ1v) is 7.89. The number of aryl methyl sites for hydroxylation is 1. The molecule has 2 amide bonds. The van der Waals surface area contributed by atoms with Gasteiger partial charge in [0.1, 0.15) is 0 Å². The first-order valence-electron chi connectivity index (χ1n) is 7.89. The van der Waals surface area contributed by atoms with Gasteiger partial charge in [0.2, 0.25) is 11.8 Å². The van der Waals surface area contributed by atoms with Crippen LogP contribution in [0.15, 0.2) is 18.2 Å². The number of nitrogens with one attached hydrogen (secondary N) is 2. The standard InChI is InChI=1S/C17H22N2O3/c20-11-17(6-7-17)10-18-15(21)3-1-2-12-4-5-14-13(8-12)9-16(22)19-14/h4-5,8,20H,1-3,6-7,9-11H2,(H,18,21)(H,19,22). The van der Waals surface area contributed by atoms with E-state index in [1.807, 2.05) is 12.1 Å². The van der Waals surface area contributed by atoms with Crippen molar-refractivity contribution in [3.63, 3.8) is 0 Å². The fraction of sp³-hybridized carbons (Fsp3) is 0.529. The van der Waals surface area contributed by atoms with Crippen LogP contribution in [0.4, 0.5) is 5.69 Å². The van der Waals surface area contributed by atoms with Crippen LogP contribution in [-0.4, -0.2) is 30.1 Å². The van der Waals surface area contributed by atoms with E-state index < -0.39 is 0 Å². The Bertz CT molecular complexity index is 594. The Kier molecular flexibility index (Phi) is 4.16. The molecule has 0 unspecified atom stereocenters. The molecule has 5 nitrogen and oxygen atoms in total. The number of amides is 2. The molecule has 118 valence electrons. The fourth-order valence-electron chi connectivity index (χ4n) is 2.83. The van der Waals surface area contributed by atoms with Crippen LogP contribution in [0.1, 0.15) is 36.8 Å². The van der Waals surface area contributed by atoms with Gasteiger partial charge in [-0.1, -0.05) is 12.1 Å². The molecule has 2 aliphatic rings. The summed E-state index contributed by atoms with van der Waals surface area (Å²) in [6, 6.07) is 6.00. The first-order chi connectivity index (χ1) is 10.6. The number of benzene rings is 1. The van der Waals surface area contributed by atoms with Crippen LogP contribution in [-0.2, 0) is 22.4 Å². The van der Waals surface area contributed by atoms with E-state index in [0.717, 1.165) is 42.5 Å². The normalized spacial score (nSPS) is 17.8. The number of carbonyl (C=O) groups excluding carboxylic acids is 2. The van der Waals surface area contributed by atoms with Crippen LogP contribution in [0.2, 0.25) is 0 Å². The SMILES string of the molecule is O=C(CCCc1ccc2c(c1)CC(=O)N2)NCC1(CO)CC1. The van der Waals surface area contributed by atoms with Crippen molar-refractivity contribution in [2.45, 2.75) is 38.5 Å². The van der Waals surface area contributed by atoms with Gasteiger partial charge in [0.05, 0.1) is 13.0 Å². The Morgan fingerprint density at radius 1 is 1.36 bits per heavy atom.